The zero-order valence-electron chi connectivity index (χ0n) is 15.3. The summed E-state index contributed by atoms with van der Waals surface area (Å²) in [5.74, 6) is 1.22. The third-order valence-electron chi connectivity index (χ3n) is 4.19. The number of nitrogens with one attached hydrogen (secondary N) is 1. The number of hydrogen-bond donors (Lipinski definition) is 1. The van der Waals surface area contributed by atoms with E-state index in [4.69, 9.17) is 16.6 Å². The number of nitrogens with zero attached hydrogens (tertiary/aromatic N) is 3. The molecule has 0 aliphatic rings. The topological polar surface area (TPSA) is 50.2 Å². The van der Waals surface area contributed by atoms with E-state index in [1.165, 1.54) is 0 Å². The van der Waals surface area contributed by atoms with Gasteiger partial charge in [0.15, 0.2) is 11.6 Å². The van der Waals surface area contributed by atoms with Gasteiger partial charge in [0.2, 0.25) is 0 Å². The second-order valence-corrected chi connectivity index (χ2v) is 7.55. The van der Waals surface area contributed by atoms with Gasteiger partial charge in [-0.05, 0) is 18.2 Å². The lowest BCUT2D eigenvalue weighted by atomic mass is 10.1. The molecule has 0 saturated heterocycles. The highest BCUT2D eigenvalue weighted by molar-refractivity contribution is 9.10. The number of aromatic nitrogens is 2. The maximum Gasteiger partial charge on any atom is 0.162 e. The van der Waals surface area contributed by atoms with Gasteiger partial charge < -0.3 is 0 Å². The predicted molar refractivity (Wildman–Crippen MR) is 123 cm³/mol. The summed E-state index contributed by atoms with van der Waals surface area (Å²) in [4.78, 5) is 9.37. The normalized spacial score (nSPS) is 11.0. The van der Waals surface area contributed by atoms with Crippen molar-refractivity contribution in [3.8, 4) is 22.6 Å². The average Bonchev–Trinajstić information content (AvgIpc) is 2.76. The maximum atomic E-state index is 6.18. The van der Waals surface area contributed by atoms with Crippen molar-refractivity contribution in [3.05, 3.63) is 100.0 Å². The summed E-state index contributed by atoms with van der Waals surface area (Å²) < 4.78 is 1.00. The van der Waals surface area contributed by atoms with Crippen LogP contribution in [0.2, 0.25) is 5.02 Å². The van der Waals surface area contributed by atoms with Crippen LogP contribution in [0.4, 0.5) is 5.82 Å². The van der Waals surface area contributed by atoms with Crippen molar-refractivity contribution in [1.29, 1.82) is 0 Å². The van der Waals surface area contributed by atoms with Gasteiger partial charge in [-0.3, -0.25) is 5.43 Å². The number of rotatable bonds is 5. The van der Waals surface area contributed by atoms with Crippen LogP contribution < -0.4 is 5.43 Å². The Labute approximate surface area is 182 Å². The van der Waals surface area contributed by atoms with Crippen LogP contribution in [0.3, 0.4) is 0 Å². The molecule has 1 heterocycles. The van der Waals surface area contributed by atoms with Crippen molar-refractivity contribution in [3.63, 3.8) is 0 Å². The molecule has 0 atom stereocenters. The minimum atomic E-state index is 0.597. The molecule has 0 saturated carbocycles. The average molecular weight is 464 g/mol. The van der Waals surface area contributed by atoms with Gasteiger partial charge in [0.25, 0.3) is 0 Å². The molecule has 4 nitrogen and oxygen atoms in total. The molecule has 0 amide bonds. The number of halogens is 2. The molecule has 0 unspecified atom stereocenters. The largest absolute Gasteiger partial charge is 0.261 e. The van der Waals surface area contributed by atoms with Crippen molar-refractivity contribution >= 4 is 39.6 Å². The van der Waals surface area contributed by atoms with Crippen molar-refractivity contribution in [2.75, 3.05) is 5.43 Å². The van der Waals surface area contributed by atoms with Gasteiger partial charge in [-0.1, -0.05) is 88.2 Å². The molecule has 0 fully saturated rings. The van der Waals surface area contributed by atoms with Crippen LogP contribution in [0.15, 0.2) is 94.5 Å². The van der Waals surface area contributed by atoms with Gasteiger partial charge in [0.1, 0.15) is 0 Å². The SMILES string of the molecule is Clc1ccccc1/C=N/Nc1cc(-c2ccccc2)nc(-c2ccc(Br)cc2)n1. The number of hydrazone groups is 1. The van der Waals surface area contributed by atoms with E-state index in [9.17, 15) is 0 Å². The first kappa shape index (κ1) is 19.3. The lowest BCUT2D eigenvalue weighted by Crippen LogP contribution is -1.99. The molecule has 3 aromatic carbocycles. The lowest BCUT2D eigenvalue weighted by Gasteiger charge is -2.08. The molecule has 6 heteroatoms. The molecule has 4 aromatic rings. The molecule has 1 N–H and O–H groups in total. The van der Waals surface area contributed by atoms with E-state index in [1.54, 1.807) is 6.21 Å². The Hall–Kier alpha value is -3.02. The first-order chi connectivity index (χ1) is 14.2. The van der Waals surface area contributed by atoms with Crippen molar-refractivity contribution < 1.29 is 0 Å². The van der Waals surface area contributed by atoms with E-state index in [-0.39, 0.29) is 0 Å². The summed E-state index contributed by atoms with van der Waals surface area (Å²) in [6.07, 6.45) is 1.67. The maximum absolute atomic E-state index is 6.18. The van der Waals surface area contributed by atoms with Crippen LogP contribution in [0.25, 0.3) is 22.6 Å². The van der Waals surface area contributed by atoms with Gasteiger partial charge >= 0.3 is 0 Å². The molecule has 29 heavy (non-hydrogen) atoms. The molecular formula is C23H16BrClN4. The van der Waals surface area contributed by atoms with Gasteiger partial charge in [-0.2, -0.15) is 5.10 Å². The zero-order valence-corrected chi connectivity index (χ0v) is 17.6. The van der Waals surface area contributed by atoms with Gasteiger partial charge in [-0.15, -0.1) is 0 Å². The molecule has 4 rings (SSSR count). The number of hydrogen-bond acceptors (Lipinski definition) is 4. The standard InChI is InChI=1S/C23H16BrClN4/c24-19-12-10-17(11-13-19)23-27-21(16-6-2-1-3-7-16)14-22(28-23)29-26-15-18-8-4-5-9-20(18)25/h1-15H,(H,27,28,29)/b26-15+. The Bertz CT molecular complexity index is 1150. The van der Waals surface area contributed by atoms with Crippen LogP contribution in [0.5, 0.6) is 0 Å². The first-order valence-corrected chi connectivity index (χ1v) is 10.1. The summed E-state index contributed by atoms with van der Waals surface area (Å²) in [5, 5.41) is 4.94. The summed E-state index contributed by atoms with van der Waals surface area (Å²) in [6, 6.07) is 27.3. The Balaban J connectivity index is 1.69. The highest BCUT2D eigenvalue weighted by atomic mass is 79.9. The number of anilines is 1. The third kappa shape index (κ3) is 4.88. The fourth-order valence-electron chi connectivity index (χ4n) is 2.74. The van der Waals surface area contributed by atoms with Gasteiger partial charge in [-0.25, -0.2) is 9.97 Å². The zero-order chi connectivity index (χ0) is 20.1. The second-order valence-electron chi connectivity index (χ2n) is 6.23. The van der Waals surface area contributed by atoms with E-state index in [2.05, 4.69) is 31.4 Å². The van der Waals surface area contributed by atoms with E-state index >= 15 is 0 Å². The fourth-order valence-corrected chi connectivity index (χ4v) is 3.19. The van der Waals surface area contributed by atoms with Gasteiger partial charge in [0, 0.05) is 32.3 Å². The van der Waals surface area contributed by atoms with Crippen LogP contribution in [-0.2, 0) is 0 Å². The summed E-state index contributed by atoms with van der Waals surface area (Å²) in [5.41, 5.74) is 6.57. The molecule has 1 aromatic heterocycles. The quantitative estimate of drug-likeness (QED) is 0.265. The molecule has 0 radical (unpaired) electrons. The Morgan fingerprint density at radius 3 is 2.31 bits per heavy atom. The van der Waals surface area contributed by atoms with Crippen molar-refractivity contribution in [2.24, 2.45) is 5.10 Å². The predicted octanol–water partition coefficient (Wildman–Crippen LogP) is 6.67. The van der Waals surface area contributed by atoms with Crippen LogP contribution in [0.1, 0.15) is 5.56 Å². The summed E-state index contributed by atoms with van der Waals surface area (Å²) in [7, 11) is 0. The smallest absolute Gasteiger partial charge is 0.162 e. The van der Waals surface area contributed by atoms with E-state index < -0.39 is 0 Å². The first-order valence-electron chi connectivity index (χ1n) is 8.93. The third-order valence-corrected chi connectivity index (χ3v) is 5.06. The molecule has 0 aliphatic carbocycles. The number of benzene rings is 3. The van der Waals surface area contributed by atoms with Crippen molar-refractivity contribution in [2.45, 2.75) is 0 Å². The van der Waals surface area contributed by atoms with Crippen molar-refractivity contribution in [1.82, 2.24) is 9.97 Å². The monoisotopic (exact) mass is 462 g/mol. The Morgan fingerprint density at radius 2 is 1.55 bits per heavy atom. The minimum Gasteiger partial charge on any atom is -0.261 e. The van der Waals surface area contributed by atoms with E-state index in [0.29, 0.717) is 16.7 Å². The minimum absolute atomic E-state index is 0.597. The fraction of sp³-hybridized carbons (Fsp3) is 0. The molecule has 142 valence electrons. The molecule has 0 spiro atoms. The lowest BCUT2D eigenvalue weighted by molar-refractivity contribution is 1.15. The Kier molecular flexibility index (Phi) is 5.98. The molecule has 0 bridgehead atoms. The van der Waals surface area contributed by atoms with E-state index in [0.717, 1.165) is 26.9 Å². The van der Waals surface area contributed by atoms with Crippen LogP contribution in [-0.4, -0.2) is 16.2 Å². The molecular weight excluding hydrogens is 448 g/mol. The molecule has 0 aliphatic heterocycles. The van der Waals surface area contributed by atoms with E-state index in [1.807, 2.05) is 84.9 Å². The van der Waals surface area contributed by atoms with Gasteiger partial charge in [0.05, 0.1) is 11.9 Å². The Morgan fingerprint density at radius 1 is 0.828 bits per heavy atom. The highest BCUT2D eigenvalue weighted by Crippen LogP contribution is 2.25. The van der Waals surface area contributed by atoms with Crippen LogP contribution >= 0.6 is 27.5 Å². The summed E-state index contributed by atoms with van der Waals surface area (Å²) >= 11 is 9.64. The second kappa shape index (κ2) is 8.99. The highest BCUT2D eigenvalue weighted by Gasteiger charge is 2.09. The van der Waals surface area contributed by atoms with Crippen LogP contribution in [0, 0.1) is 0 Å². The summed E-state index contributed by atoms with van der Waals surface area (Å²) in [6.45, 7) is 0.